The highest BCUT2D eigenvalue weighted by Gasteiger charge is 2.50. The molecular formula is C29H42N2O4Si. The monoisotopic (exact) mass is 510 g/mol. The SMILES string of the molecule is COc1ccc([Si](C)(C)[C@@H]2[C@@H](C)[C@@H](CCc3cccc(NC(=O)[C@H]4CCCN4)c3)O[C@H]2CCO)cc1. The number of aliphatic hydroxyl groups excluding tert-OH is 1. The zero-order valence-corrected chi connectivity index (χ0v) is 23.1. The molecule has 0 spiro atoms. The minimum Gasteiger partial charge on any atom is -0.497 e. The number of rotatable bonds is 10. The molecule has 0 radical (unpaired) electrons. The second kappa shape index (κ2) is 11.9. The van der Waals surface area contributed by atoms with Gasteiger partial charge in [0, 0.05) is 12.3 Å². The van der Waals surface area contributed by atoms with Crippen LogP contribution in [-0.4, -0.2) is 57.6 Å². The number of carbonyl (C=O) groups excluding carboxylic acids is 1. The van der Waals surface area contributed by atoms with Crippen molar-refractivity contribution in [1.82, 2.24) is 5.32 Å². The number of nitrogens with one attached hydrogen (secondary N) is 2. The molecule has 6 nitrogen and oxygen atoms in total. The lowest BCUT2D eigenvalue weighted by atomic mass is 9.95. The number of methoxy groups -OCH3 is 1. The molecule has 36 heavy (non-hydrogen) atoms. The molecule has 2 fully saturated rings. The van der Waals surface area contributed by atoms with Crippen molar-refractivity contribution in [2.45, 2.75) is 75.9 Å². The fourth-order valence-corrected chi connectivity index (χ4v) is 10.4. The van der Waals surface area contributed by atoms with Gasteiger partial charge in [-0.3, -0.25) is 4.79 Å². The van der Waals surface area contributed by atoms with Crippen molar-refractivity contribution in [2.24, 2.45) is 5.92 Å². The van der Waals surface area contributed by atoms with E-state index >= 15 is 0 Å². The van der Waals surface area contributed by atoms with Crippen LogP contribution in [0.25, 0.3) is 0 Å². The first-order valence-corrected chi connectivity index (χ1v) is 16.4. The number of anilines is 1. The summed E-state index contributed by atoms with van der Waals surface area (Å²) in [6, 6.07) is 16.6. The zero-order valence-electron chi connectivity index (χ0n) is 22.1. The molecule has 0 aliphatic carbocycles. The smallest absolute Gasteiger partial charge is 0.241 e. The zero-order chi connectivity index (χ0) is 25.7. The summed E-state index contributed by atoms with van der Waals surface area (Å²) in [4.78, 5) is 12.5. The summed E-state index contributed by atoms with van der Waals surface area (Å²) in [5.41, 5.74) is 2.49. The van der Waals surface area contributed by atoms with Crippen LogP contribution in [0, 0.1) is 5.92 Å². The molecule has 0 aromatic heterocycles. The summed E-state index contributed by atoms with van der Waals surface area (Å²) < 4.78 is 12.0. The molecule has 0 saturated carbocycles. The number of hydrogen-bond acceptors (Lipinski definition) is 5. The van der Waals surface area contributed by atoms with E-state index in [0.29, 0.717) is 17.9 Å². The van der Waals surface area contributed by atoms with Gasteiger partial charge in [0.1, 0.15) is 5.75 Å². The molecule has 1 amide bonds. The van der Waals surface area contributed by atoms with Crippen molar-refractivity contribution in [3.63, 3.8) is 0 Å². The van der Waals surface area contributed by atoms with Crippen LogP contribution in [-0.2, 0) is 16.0 Å². The van der Waals surface area contributed by atoms with Crippen molar-refractivity contribution in [1.29, 1.82) is 0 Å². The molecule has 5 atom stereocenters. The predicted octanol–water partition coefficient (Wildman–Crippen LogP) is 4.09. The average molecular weight is 511 g/mol. The maximum absolute atomic E-state index is 12.5. The van der Waals surface area contributed by atoms with Crippen molar-refractivity contribution in [2.75, 3.05) is 25.6 Å². The van der Waals surface area contributed by atoms with Gasteiger partial charge in [0.15, 0.2) is 0 Å². The Balaban J connectivity index is 1.42. The Bertz CT molecular complexity index is 1010. The second-order valence-corrected chi connectivity index (χ2v) is 15.6. The quantitative estimate of drug-likeness (QED) is 0.420. The van der Waals surface area contributed by atoms with Gasteiger partial charge in [-0.2, -0.15) is 0 Å². The van der Waals surface area contributed by atoms with Crippen LogP contribution in [0.4, 0.5) is 5.69 Å². The molecule has 2 aliphatic heterocycles. The van der Waals surface area contributed by atoms with E-state index in [4.69, 9.17) is 9.47 Å². The Kier molecular flexibility index (Phi) is 8.88. The normalized spacial score (nSPS) is 26.2. The highest BCUT2D eigenvalue weighted by atomic mass is 28.3. The predicted molar refractivity (Wildman–Crippen MR) is 148 cm³/mol. The van der Waals surface area contributed by atoms with Crippen molar-refractivity contribution in [3.05, 3.63) is 54.1 Å². The second-order valence-electron chi connectivity index (χ2n) is 10.9. The van der Waals surface area contributed by atoms with E-state index in [1.54, 1.807) is 7.11 Å². The Morgan fingerprint density at radius 1 is 1.17 bits per heavy atom. The molecule has 7 heteroatoms. The lowest BCUT2D eigenvalue weighted by Crippen LogP contribution is -2.50. The van der Waals surface area contributed by atoms with Gasteiger partial charge in [-0.25, -0.2) is 0 Å². The van der Waals surface area contributed by atoms with E-state index in [9.17, 15) is 9.90 Å². The highest BCUT2D eigenvalue weighted by molar-refractivity contribution is 6.91. The number of amides is 1. The molecule has 4 rings (SSSR count). The fourth-order valence-electron chi connectivity index (χ4n) is 6.29. The van der Waals surface area contributed by atoms with Gasteiger partial charge in [-0.1, -0.05) is 49.5 Å². The van der Waals surface area contributed by atoms with Crippen molar-refractivity contribution in [3.8, 4) is 5.75 Å². The third-order valence-corrected chi connectivity index (χ3v) is 12.7. The summed E-state index contributed by atoms with van der Waals surface area (Å²) in [6.45, 7) is 8.24. The summed E-state index contributed by atoms with van der Waals surface area (Å²) in [6.07, 6.45) is 4.66. The average Bonchev–Trinajstić information content (AvgIpc) is 3.52. The number of ether oxygens (including phenoxy) is 2. The van der Waals surface area contributed by atoms with Crippen LogP contribution in [0.1, 0.15) is 38.2 Å². The summed E-state index contributed by atoms with van der Waals surface area (Å²) in [7, 11) is -0.184. The van der Waals surface area contributed by atoms with Gasteiger partial charge in [0.05, 0.1) is 33.4 Å². The molecule has 0 unspecified atom stereocenters. The standard InChI is InChI=1S/C29H42N2O4Si/c1-20-26(15-10-21-7-5-8-22(19-21)31-29(33)25-9-6-17-30-25)35-27(16-18-32)28(20)36(3,4)24-13-11-23(34-2)12-14-24/h5,7-8,11-14,19-20,25-28,30,32H,6,9-10,15-18H2,1-4H3,(H,31,33)/t20-,25+,26+,27-,28+/m0/s1. The Labute approximate surface area is 216 Å². The molecule has 2 heterocycles. The van der Waals surface area contributed by atoms with E-state index in [1.165, 1.54) is 10.8 Å². The summed E-state index contributed by atoms with van der Waals surface area (Å²) in [5.74, 6) is 1.33. The Morgan fingerprint density at radius 2 is 1.94 bits per heavy atom. The maximum Gasteiger partial charge on any atom is 0.241 e. The van der Waals surface area contributed by atoms with Crippen LogP contribution in [0.3, 0.4) is 0 Å². The van der Waals surface area contributed by atoms with Crippen LogP contribution >= 0.6 is 0 Å². The first-order valence-electron chi connectivity index (χ1n) is 13.4. The summed E-state index contributed by atoms with van der Waals surface area (Å²) >= 11 is 0. The molecule has 2 saturated heterocycles. The number of aryl methyl sites for hydroxylation is 1. The first kappa shape index (κ1) is 26.9. The fraction of sp³-hybridized carbons (Fsp3) is 0.552. The van der Waals surface area contributed by atoms with Gasteiger partial charge in [0.25, 0.3) is 0 Å². The number of aliphatic hydroxyl groups is 1. The largest absolute Gasteiger partial charge is 0.497 e. The lowest BCUT2D eigenvalue weighted by molar-refractivity contribution is -0.117. The van der Waals surface area contributed by atoms with Crippen LogP contribution in [0.5, 0.6) is 5.75 Å². The Morgan fingerprint density at radius 3 is 2.61 bits per heavy atom. The Hall–Kier alpha value is -2.19. The first-order chi connectivity index (χ1) is 17.3. The third kappa shape index (κ3) is 6.02. The maximum atomic E-state index is 12.5. The molecule has 2 aromatic rings. The lowest BCUT2D eigenvalue weighted by Gasteiger charge is -2.36. The van der Waals surface area contributed by atoms with Crippen LogP contribution < -0.4 is 20.6 Å². The minimum atomic E-state index is -1.88. The van der Waals surface area contributed by atoms with Gasteiger partial charge in [0.2, 0.25) is 5.91 Å². The van der Waals surface area contributed by atoms with E-state index in [0.717, 1.165) is 43.7 Å². The van der Waals surface area contributed by atoms with Crippen LogP contribution in [0.15, 0.2) is 48.5 Å². The van der Waals surface area contributed by atoms with E-state index in [1.807, 2.05) is 12.1 Å². The summed E-state index contributed by atoms with van der Waals surface area (Å²) in [5, 5.41) is 17.5. The third-order valence-electron chi connectivity index (χ3n) is 8.27. The molecule has 3 N–H and O–H groups in total. The van der Waals surface area contributed by atoms with E-state index in [2.05, 4.69) is 67.0 Å². The van der Waals surface area contributed by atoms with Gasteiger partial charge in [-0.15, -0.1) is 0 Å². The van der Waals surface area contributed by atoms with Crippen LogP contribution in [0.2, 0.25) is 18.6 Å². The molecule has 2 aliphatic rings. The van der Waals surface area contributed by atoms with E-state index in [-0.39, 0.29) is 30.8 Å². The topological polar surface area (TPSA) is 79.8 Å². The molecule has 196 valence electrons. The van der Waals surface area contributed by atoms with Crippen molar-refractivity contribution >= 4 is 24.9 Å². The number of benzene rings is 2. The molecular weight excluding hydrogens is 468 g/mol. The van der Waals surface area contributed by atoms with E-state index < -0.39 is 8.07 Å². The van der Waals surface area contributed by atoms with Crippen molar-refractivity contribution < 1.29 is 19.4 Å². The van der Waals surface area contributed by atoms with Gasteiger partial charge in [-0.05, 0) is 79.9 Å². The van der Waals surface area contributed by atoms with Gasteiger partial charge >= 0.3 is 0 Å². The number of carbonyl (C=O) groups is 1. The van der Waals surface area contributed by atoms with Gasteiger partial charge < -0.3 is 25.2 Å². The minimum absolute atomic E-state index is 0.0535. The highest BCUT2D eigenvalue weighted by Crippen LogP contribution is 2.46. The molecule has 2 aromatic carbocycles. The number of hydrogen-bond donors (Lipinski definition) is 3. The molecule has 0 bridgehead atoms.